The lowest BCUT2D eigenvalue weighted by Gasteiger charge is -2.18. The van der Waals surface area contributed by atoms with Crippen molar-refractivity contribution in [1.29, 1.82) is 0 Å². The average molecular weight is 377 g/mol. The summed E-state index contributed by atoms with van der Waals surface area (Å²) in [6.45, 7) is 4.86. The van der Waals surface area contributed by atoms with Gasteiger partial charge in [-0.15, -0.1) is 12.4 Å². The van der Waals surface area contributed by atoms with Gasteiger partial charge in [0.1, 0.15) is 12.4 Å². The first-order chi connectivity index (χ1) is 12.3. The number of hydrogen-bond acceptors (Lipinski definition) is 4. The summed E-state index contributed by atoms with van der Waals surface area (Å²) in [6.07, 6.45) is 0. The van der Waals surface area contributed by atoms with Gasteiger partial charge in [0, 0.05) is 38.2 Å². The number of halogens is 1. The molecule has 1 fully saturated rings. The van der Waals surface area contributed by atoms with Gasteiger partial charge in [-0.2, -0.15) is 0 Å². The van der Waals surface area contributed by atoms with Crippen LogP contribution in [0.3, 0.4) is 0 Å². The van der Waals surface area contributed by atoms with Crippen LogP contribution in [0.2, 0.25) is 0 Å². The third-order valence-corrected chi connectivity index (χ3v) is 4.96. The monoisotopic (exact) mass is 376 g/mol. The largest absolute Gasteiger partial charge is 0.491 e. The second-order valence-corrected chi connectivity index (χ2v) is 6.66. The summed E-state index contributed by atoms with van der Waals surface area (Å²) in [5.41, 5.74) is 8.68. The number of ether oxygens (including phenoxy) is 2. The Labute approximate surface area is 162 Å². The molecule has 2 aromatic carbocycles. The van der Waals surface area contributed by atoms with Gasteiger partial charge in [-0.05, 0) is 24.1 Å². The molecule has 0 amide bonds. The van der Waals surface area contributed by atoms with E-state index in [0.717, 1.165) is 31.9 Å². The molecule has 1 saturated heterocycles. The smallest absolute Gasteiger partial charge is 0.123 e. The molecule has 0 bridgehead atoms. The molecule has 5 heteroatoms. The van der Waals surface area contributed by atoms with E-state index >= 15 is 0 Å². The number of para-hydroxylation sites is 1. The number of benzene rings is 2. The number of methoxy groups -OCH3 is 1. The van der Waals surface area contributed by atoms with Gasteiger partial charge < -0.3 is 15.2 Å². The van der Waals surface area contributed by atoms with Crippen molar-refractivity contribution in [2.45, 2.75) is 12.5 Å². The van der Waals surface area contributed by atoms with Gasteiger partial charge in [-0.3, -0.25) is 4.90 Å². The lowest BCUT2D eigenvalue weighted by molar-refractivity contribution is 0.145. The lowest BCUT2D eigenvalue weighted by atomic mass is 9.89. The van der Waals surface area contributed by atoms with Gasteiger partial charge in [-0.1, -0.05) is 48.5 Å². The Morgan fingerprint density at radius 3 is 2.46 bits per heavy atom. The van der Waals surface area contributed by atoms with Crippen molar-refractivity contribution < 1.29 is 9.47 Å². The third kappa shape index (κ3) is 5.21. The Morgan fingerprint density at radius 2 is 1.73 bits per heavy atom. The summed E-state index contributed by atoms with van der Waals surface area (Å²) in [4.78, 5) is 2.49. The molecule has 1 aliphatic rings. The number of nitrogens with zero attached hydrogens (tertiary/aromatic N) is 1. The highest BCUT2D eigenvalue weighted by Crippen LogP contribution is 2.33. The van der Waals surface area contributed by atoms with Gasteiger partial charge >= 0.3 is 0 Å². The molecule has 142 valence electrons. The maximum atomic E-state index is 6.06. The minimum atomic E-state index is 0. The number of hydrogen-bond donors (Lipinski definition) is 1. The van der Waals surface area contributed by atoms with Crippen LogP contribution in [0.5, 0.6) is 5.75 Å². The van der Waals surface area contributed by atoms with Crippen LogP contribution >= 0.6 is 12.4 Å². The molecule has 26 heavy (non-hydrogen) atoms. The van der Waals surface area contributed by atoms with Crippen LogP contribution < -0.4 is 10.5 Å². The molecule has 1 heterocycles. The molecule has 2 atom stereocenters. The van der Waals surface area contributed by atoms with Crippen LogP contribution in [0.4, 0.5) is 0 Å². The van der Waals surface area contributed by atoms with E-state index in [1.165, 1.54) is 11.1 Å². The molecule has 0 aliphatic carbocycles. The second kappa shape index (κ2) is 10.5. The SMILES string of the molecule is COCCOc1ccccc1CN1C[C@@H](CN)[C@H](c2ccccc2)C1.Cl. The van der Waals surface area contributed by atoms with Gasteiger partial charge in [0.15, 0.2) is 0 Å². The molecular formula is C21H29ClN2O2. The molecule has 0 aromatic heterocycles. The molecule has 3 rings (SSSR count). The first-order valence-corrected chi connectivity index (χ1v) is 8.98. The van der Waals surface area contributed by atoms with Crippen molar-refractivity contribution in [3.8, 4) is 5.75 Å². The highest BCUT2D eigenvalue weighted by atomic mass is 35.5. The summed E-state index contributed by atoms with van der Waals surface area (Å²) >= 11 is 0. The summed E-state index contributed by atoms with van der Waals surface area (Å²) in [6, 6.07) is 19.0. The minimum Gasteiger partial charge on any atom is -0.491 e. The lowest BCUT2D eigenvalue weighted by Crippen LogP contribution is -2.23. The van der Waals surface area contributed by atoms with Crippen molar-refractivity contribution in [1.82, 2.24) is 4.90 Å². The van der Waals surface area contributed by atoms with Crippen molar-refractivity contribution >= 4 is 12.4 Å². The molecular weight excluding hydrogens is 348 g/mol. The molecule has 0 spiro atoms. The Balaban J connectivity index is 0.00000243. The van der Waals surface area contributed by atoms with E-state index in [-0.39, 0.29) is 12.4 Å². The highest BCUT2D eigenvalue weighted by molar-refractivity contribution is 5.85. The van der Waals surface area contributed by atoms with E-state index in [4.69, 9.17) is 15.2 Å². The fraction of sp³-hybridized carbons (Fsp3) is 0.429. The molecule has 2 aromatic rings. The number of likely N-dealkylation sites (tertiary alicyclic amines) is 1. The first-order valence-electron chi connectivity index (χ1n) is 8.98. The zero-order valence-electron chi connectivity index (χ0n) is 15.3. The quantitative estimate of drug-likeness (QED) is 0.718. The second-order valence-electron chi connectivity index (χ2n) is 6.66. The maximum absolute atomic E-state index is 6.06. The van der Waals surface area contributed by atoms with Crippen molar-refractivity contribution in [2.75, 3.05) is 40.0 Å². The van der Waals surface area contributed by atoms with E-state index in [1.54, 1.807) is 7.11 Å². The zero-order valence-corrected chi connectivity index (χ0v) is 16.2. The molecule has 0 saturated carbocycles. The Hall–Kier alpha value is -1.59. The zero-order chi connectivity index (χ0) is 17.5. The van der Waals surface area contributed by atoms with E-state index in [0.29, 0.717) is 25.0 Å². The number of rotatable bonds is 8. The van der Waals surface area contributed by atoms with Crippen molar-refractivity contribution in [2.24, 2.45) is 11.7 Å². The van der Waals surface area contributed by atoms with E-state index in [9.17, 15) is 0 Å². The summed E-state index contributed by atoms with van der Waals surface area (Å²) in [5.74, 6) is 1.96. The number of nitrogens with two attached hydrogens (primary N) is 1. The summed E-state index contributed by atoms with van der Waals surface area (Å²) in [7, 11) is 1.69. The van der Waals surface area contributed by atoms with Crippen LogP contribution in [0.1, 0.15) is 17.0 Å². The fourth-order valence-electron chi connectivity index (χ4n) is 3.66. The Kier molecular flexibility index (Phi) is 8.39. The predicted octanol–water partition coefficient (Wildman–Crippen LogP) is 3.31. The van der Waals surface area contributed by atoms with Crippen molar-refractivity contribution in [3.05, 3.63) is 65.7 Å². The van der Waals surface area contributed by atoms with Crippen LogP contribution in [0.25, 0.3) is 0 Å². The van der Waals surface area contributed by atoms with Gasteiger partial charge in [-0.25, -0.2) is 0 Å². The fourth-order valence-corrected chi connectivity index (χ4v) is 3.66. The average Bonchev–Trinajstić information content (AvgIpc) is 3.07. The van der Waals surface area contributed by atoms with Crippen LogP contribution in [-0.2, 0) is 11.3 Å². The minimum absolute atomic E-state index is 0. The summed E-state index contributed by atoms with van der Waals surface area (Å²) in [5, 5.41) is 0. The molecule has 0 unspecified atom stereocenters. The van der Waals surface area contributed by atoms with E-state index in [2.05, 4.69) is 47.4 Å². The summed E-state index contributed by atoms with van der Waals surface area (Å²) < 4.78 is 11.0. The normalized spacial score (nSPS) is 19.9. The molecule has 1 aliphatic heterocycles. The highest BCUT2D eigenvalue weighted by Gasteiger charge is 2.32. The first kappa shape index (κ1) is 20.7. The van der Waals surface area contributed by atoms with Crippen LogP contribution in [0, 0.1) is 5.92 Å². The topological polar surface area (TPSA) is 47.7 Å². The Bertz CT molecular complexity index is 653. The van der Waals surface area contributed by atoms with Gasteiger partial charge in [0.25, 0.3) is 0 Å². The maximum Gasteiger partial charge on any atom is 0.123 e. The van der Waals surface area contributed by atoms with E-state index < -0.39 is 0 Å². The molecule has 0 radical (unpaired) electrons. The van der Waals surface area contributed by atoms with Gasteiger partial charge in [0.2, 0.25) is 0 Å². The molecule has 2 N–H and O–H groups in total. The van der Waals surface area contributed by atoms with Gasteiger partial charge in [0.05, 0.1) is 6.61 Å². The van der Waals surface area contributed by atoms with Crippen LogP contribution in [0.15, 0.2) is 54.6 Å². The Morgan fingerprint density at radius 1 is 1.00 bits per heavy atom. The van der Waals surface area contributed by atoms with Crippen molar-refractivity contribution in [3.63, 3.8) is 0 Å². The third-order valence-electron chi connectivity index (χ3n) is 4.96. The van der Waals surface area contributed by atoms with Crippen LogP contribution in [-0.4, -0.2) is 44.9 Å². The predicted molar refractivity (Wildman–Crippen MR) is 108 cm³/mol. The molecule has 4 nitrogen and oxygen atoms in total. The standard InChI is InChI=1S/C21H28N2O2.ClH/c1-24-11-12-25-21-10-6-5-9-18(21)14-23-15-19(13-22)20(16-23)17-7-3-2-4-8-17;/h2-10,19-20H,11-16,22H2,1H3;1H/t19-,20+;/m1./s1. The van der Waals surface area contributed by atoms with E-state index in [1.807, 2.05) is 12.1 Å².